The van der Waals surface area contributed by atoms with Crippen LogP contribution in [-0.2, 0) is 0 Å². The minimum Gasteiger partial charge on any atom is -0.500 e. The molecule has 1 atom stereocenters. The van der Waals surface area contributed by atoms with Crippen LogP contribution in [0.3, 0.4) is 0 Å². The van der Waals surface area contributed by atoms with Gasteiger partial charge in [0.05, 0.1) is 0 Å². The number of hydroxylamine groups is 1. The number of rotatable bonds is 0. The zero-order valence-electron chi connectivity index (χ0n) is 6.63. The molecule has 1 aliphatic rings. The first-order valence-corrected chi connectivity index (χ1v) is 3.51. The van der Waals surface area contributed by atoms with E-state index in [1.165, 1.54) is 0 Å². The molecule has 0 fully saturated rings. The Bertz CT molecular complexity index is 448. The molecule has 0 aromatic carbocycles. The lowest BCUT2D eigenvalue weighted by atomic mass is 10.5. The molecule has 8 heteroatoms. The molecule has 0 amide bonds. The minimum atomic E-state index is -0.884. The maximum Gasteiger partial charge on any atom is 0.390 e. The number of nitrogens with one attached hydrogen (secondary N) is 1. The van der Waals surface area contributed by atoms with Crippen LogP contribution in [0.25, 0.3) is 5.88 Å². The van der Waals surface area contributed by atoms with Crippen molar-refractivity contribution in [3.63, 3.8) is 0 Å². The zero-order valence-corrected chi connectivity index (χ0v) is 6.63. The number of nitrogens with zero attached hydrogens (tertiary/aromatic N) is 1. The fraction of sp³-hybridized carbons (Fsp3) is 0. The number of aliphatic hydroxyl groups excluding tert-OH is 2. The average molecular weight is 203 g/mol. The number of hydrogen-bond acceptors (Lipinski definition) is 6. The Morgan fingerprint density at radius 2 is 1.50 bits per heavy atom. The van der Waals surface area contributed by atoms with Crippen molar-refractivity contribution >= 4 is 11.7 Å². The molecule has 1 unspecified atom stereocenters. The van der Waals surface area contributed by atoms with Gasteiger partial charge in [-0.05, 0) is 0 Å². The van der Waals surface area contributed by atoms with Crippen molar-refractivity contribution < 1.29 is 35.8 Å². The van der Waals surface area contributed by atoms with Gasteiger partial charge in [-0.3, -0.25) is 0 Å². The summed E-state index contributed by atoms with van der Waals surface area (Å²) in [4.78, 5) is 0. The fourth-order valence-corrected chi connectivity index (χ4v) is 1.28. The first-order chi connectivity index (χ1) is 6.46. The summed E-state index contributed by atoms with van der Waals surface area (Å²) in [5, 5.41) is 54.0. The Labute approximate surface area is 76.4 Å². The number of fused-ring (bicyclic) bond motifs is 1. The van der Waals surface area contributed by atoms with Crippen molar-refractivity contribution in [1.29, 1.82) is 0 Å². The number of aliphatic hydroxyl groups is 2. The van der Waals surface area contributed by atoms with E-state index in [1.54, 1.807) is 0 Å². The first kappa shape index (κ1) is 8.53. The third-order valence-electron chi connectivity index (χ3n) is 1.97. The van der Waals surface area contributed by atoms with Gasteiger partial charge in [0.2, 0.25) is 11.5 Å². The van der Waals surface area contributed by atoms with Crippen LogP contribution < -0.4 is 5.06 Å². The summed E-state index contributed by atoms with van der Waals surface area (Å²) in [7, 11) is 0. The van der Waals surface area contributed by atoms with Gasteiger partial charge in [-0.2, -0.15) is 4.57 Å². The Kier molecular flexibility index (Phi) is 1.37. The van der Waals surface area contributed by atoms with Gasteiger partial charge in [-0.1, -0.05) is 5.06 Å². The quantitative estimate of drug-likeness (QED) is 0.281. The summed E-state index contributed by atoms with van der Waals surface area (Å²) in [5.41, 5.74) is 0. The highest BCUT2D eigenvalue weighted by molar-refractivity contribution is 5.67. The smallest absolute Gasteiger partial charge is 0.390 e. The summed E-state index contributed by atoms with van der Waals surface area (Å²) in [6.07, 6.45) is 0. The van der Waals surface area contributed by atoms with Crippen LogP contribution in [0.4, 0.5) is 5.82 Å². The topological polar surface area (TPSA) is 131 Å². The molecule has 2 rings (SSSR count). The van der Waals surface area contributed by atoms with Crippen LogP contribution >= 0.6 is 0 Å². The van der Waals surface area contributed by atoms with Crippen molar-refractivity contribution in [2.24, 2.45) is 0 Å². The van der Waals surface area contributed by atoms with Crippen LogP contribution in [0.2, 0.25) is 0 Å². The normalized spacial score (nSPS) is 20.2. The molecule has 0 saturated carbocycles. The maximum atomic E-state index is 9.18. The monoisotopic (exact) mass is 203 g/mol. The van der Waals surface area contributed by atoms with Gasteiger partial charge >= 0.3 is 17.6 Å². The summed E-state index contributed by atoms with van der Waals surface area (Å²) >= 11 is 0. The molecule has 1 aromatic heterocycles. The van der Waals surface area contributed by atoms with Crippen molar-refractivity contribution in [2.75, 3.05) is 0 Å². The van der Waals surface area contributed by atoms with Crippen molar-refractivity contribution in [1.82, 2.24) is 4.57 Å². The second kappa shape index (κ2) is 2.25. The van der Waals surface area contributed by atoms with Crippen LogP contribution in [-0.4, -0.2) is 35.3 Å². The van der Waals surface area contributed by atoms with Gasteiger partial charge in [-0.15, -0.1) is 0 Å². The van der Waals surface area contributed by atoms with E-state index >= 15 is 0 Å². The largest absolute Gasteiger partial charge is 0.500 e. The Hall–Kier alpha value is -2.06. The predicted molar refractivity (Wildman–Crippen MR) is 40.3 cm³/mol. The molecule has 14 heavy (non-hydrogen) atoms. The molecule has 7 N–H and O–H groups in total. The molecule has 1 aromatic rings. The highest BCUT2D eigenvalue weighted by atomic mass is 16.5. The van der Waals surface area contributed by atoms with Gasteiger partial charge in [-0.25, -0.2) is 5.21 Å². The van der Waals surface area contributed by atoms with Crippen molar-refractivity contribution in [2.45, 2.75) is 0 Å². The molecule has 0 spiro atoms. The molecule has 76 valence electrons. The average Bonchev–Trinajstić information content (AvgIpc) is 2.51. The minimum absolute atomic E-state index is 0.463. The fourth-order valence-electron chi connectivity index (χ4n) is 1.28. The number of aromatic nitrogens is 1. The van der Waals surface area contributed by atoms with Crippen molar-refractivity contribution in [3.05, 3.63) is 5.88 Å². The van der Waals surface area contributed by atoms with Gasteiger partial charge in [0.15, 0.2) is 0 Å². The lowest BCUT2D eigenvalue weighted by Crippen LogP contribution is -3.02. The van der Waals surface area contributed by atoms with Crippen molar-refractivity contribution in [3.8, 4) is 17.4 Å². The standard InChI is InChI=1S/C6H6N2O6/c9-1-2(10)4(11)7-3(1)8(14)6(13)5(7)12/h9-14H/p+1. The van der Waals surface area contributed by atoms with E-state index in [9.17, 15) is 10.3 Å². The SMILES string of the molecule is OC1=C(O)[NH+](O)c2c(O)c(O)c(O)n21. The number of hydrogen-bond donors (Lipinski definition) is 7. The zero-order chi connectivity index (χ0) is 10.6. The molecule has 8 nitrogen and oxygen atoms in total. The highest BCUT2D eigenvalue weighted by Gasteiger charge is 2.43. The summed E-state index contributed by atoms with van der Waals surface area (Å²) < 4.78 is 0.509. The van der Waals surface area contributed by atoms with E-state index in [1.807, 2.05) is 0 Å². The van der Waals surface area contributed by atoms with Crippen LogP contribution in [0.5, 0.6) is 17.4 Å². The van der Waals surface area contributed by atoms with Gasteiger partial charge in [0, 0.05) is 0 Å². The molecule has 0 saturated heterocycles. The van der Waals surface area contributed by atoms with Crippen LogP contribution in [0.15, 0.2) is 5.88 Å². The van der Waals surface area contributed by atoms with E-state index in [0.29, 0.717) is 4.57 Å². The Balaban J connectivity index is 2.79. The molecule has 0 radical (unpaired) electrons. The Morgan fingerprint density at radius 3 is 2.00 bits per heavy atom. The molecule has 1 aliphatic heterocycles. The molecular weight excluding hydrogens is 196 g/mol. The second-order valence-electron chi connectivity index (χ2n) is 2.73. The first-order valence-electron chi connectivity index (χ1n) is 3.51. The third-order valence-corrected chi connectivity index (χ3v) is 1.97. The van der Waals surface area contributed by atoms with E-state index in [-0.39, 0.29) is 0 Å². The van der Waals surface area contributed by atoms with E-state index in [2.05, 4.69) is 0 Å². The van der Waals surface area contributed by atoms with E-state index in [0.717, 1.165) is 0 Å². The summed E-state index contributed by atoms with van der Waals surface area (Å²) in [5.74, 6) is -4.79. The van der Waals surface area contributed by atoms with Crippen LogP contribution in [0, 0.1) is 0 Å². The second-order valence-corrected chi connectivity index (χ2v) is 2.73. The van der Waals surface area contributed by atoms with Gasteiger partial charge in [0.1, 0.15) is 0 Å². The van der Waals surface area contributed by atoms with Gasteiger partial charge < -0.3 is 25.5 Å². The maximum absolute atomic E-state index is 9.18. The highest BCUT2D eigenvalue weighted by Crippen LogP contribution is 2.45. The Morgan fingerprint density at radius 1 is 0.929 bits per heavy atom. The number of quaternary nitrogens is 1. The summed E-state index contributed by atoms with van der Waals surface area (Å²) in [6.45, 7) is 0. The molecular formula is C6H7N2O6+. The van der Waals surface area contributed by atoms with Gasteiger partial charge in [0.25, 0.3) is 5.88 Å². The molecule has 0 aliphatic carbocycles. The lowest BCUT2D eigenvalue weighted by molar-refractivity contribution is -1.01. The number of aromatic hydroxyl groups is 3. The predicted octanol–water partition coefficient (Wildman–Crippen LogP) is -1.28. The third kappa shape index (κ3) is 0.690. The molecule has 0 bridgehead atoms. The van der Waals surface area contributed by atoms with E-state index < -0.39 is 40.0 Å². The van der Waals surface area contributed by atoms with Crippen LogP contribution in [0.1, 0.15) is 0 Å². The van der Waals surface area contributed by atoms with E-state index in [4.69, 9.17) is 20.4 Å². The lowest BCUT2D eigenvalue weighted by Gasteiger charge is -1.98. The molecule has 2 heterocycles. The summed E-state index contributed by atoms with van der Waals surface area (Å²) in [6, 6.07) is 0.